The second-order valence-electron chi connectivity index (χ2n) is 5.93. The van der Waals surface area contributed by atoms with Gasteiger partial charge >= 0.3 is 0 Å². The zero-order chi connectivity index (χ0) is 15.8. The first-order chi connectivity index (χ1) is 10.6. The van der Waals surface area contributed by atoms with Gasteiger partial charge in [-0.3, -0.25) is 0 Å². The van der Waals surface area contributed by atoms with Gasteiger partial charge in [-0.1, -0.05) is 0 Å². The number of ether oxygens (including phenoxy) is 2. The summed E-state index contributed by atoms with van der Waals surface area (Å²) < 4.78 is 13.1. The number of methoxy groups -OCH3 is 1. The van der Waals surface area contributed by atoms with Gasteiger partial charge in [0.25, 0.3) is 0 Å². The molecule has 1 aromatic carbocycles. The molecule has 0 amide bonds. The Bertz CT molecular complexity index is 536. The van der Waals surface area contributed by atoms with Crippen molar-refractivity contribution in [1.82, 2.24) is 14.9 Å². The van der Waals surface area contributed by atoms with Crippen LogP contribution in [0.5, 0.6) is 11.5 Å². The molecule has 0 aliphatic carbocycles. The fraction of sp³-hybridized carbons (Fsp3) is 0.471. The Balaban J connectivity index is 1.68. The van der Waals surface area contributed by atoms with E-state index < -0.39 is 0 Å². The van der Waals surface area contributed by atoms with Gasteiger partial charge in [-0.15, -0.1) is 0 Å². The molecule has 22 heavy (non-hydrogen) atoms. The van der Waals surface area contributed by atoms with E-state index in [1.807, 2.05) is 36.8 Å². The van der Waals surface area contributed by atoms with Crippen molar-refractivity contribution in [3.8, 4) is 11.5 Å². The molecule has 0 radical (unpaired) electrons. The summed E-state index contributed by atoms with van der Waals surface area (Å²) in [6, 6.07) is 7.66. The Labute approximate surface area is 132 Å². The molecule has 5 nitrogen and oxygen atoms in total. The van der Waals surface area contributed by atoms with Gasteiger partial charge in [0.1, 0.15) is 18.1 Å². The molecule has 0 atom stereocenters. The third-order valence-corrected chi connectivity index (χ3v) is 3.41. The largest absolute Gasteiger partial charge is 0.497 e. The lowest BCUT2D eigenvalue weighted by Gasteiger charge is -2.26. The molecule has 0 unspecified atom stereocenters. The molecule has 0 saturated heterocycles. The summed E-state index contributed by atoms with van der Waals surface area (Å²) in [5.74, 6) is 1.69. The topological polar surface area (TPSA) is 48.3 Å². The van der Waals surface area contributed by atoms with E-state index in [-0.39, 0.29) is 5.54 Å². The fourth-order valence-electron chi connectivity index (χ4n) is 2.09. The molecule has 120 valence electrons. The summed E-state index contributed by atoms with van der Waals surface area (Å²) in [5.41, 5.74) is -0.0745. The molecule has 0 fully saturated rings. The molecule has 1 heterocycles. The maximum Gasteiger partial charge on any atom is 0.119 e. The van der Waals surface area contributed by atoms with Crippen LogP contribution in [0.4, 0.5) is 0 Å². The van der Waals surface area contributed by atoms with Gasteiger partial charge in [0.15, 0.2) is 0 Å². The Morgan fingerprint density at radius 3 is 2.55 bits per heavy atom. The number of aryl methyl sites for hydroxylation is 1. The Kier molecular flexibility index (Phi) is 5.83. The first-order valence-electron chi connectivity index (χ1n) is 7.57. The molecule has 0 aliphatic heterocycles. The van der Waals surface area contributed by atoms with E-state index in [2.05, 4.69) is 28.7 Å². The molecule has 0 aliphatic rings. The quantitative estimate of drug-likeness (QED) is 0.724. The van der Waals surface area contributed by atoms with Crippen LogP contribution in [-0.2, 0) is 6.54 Å². The van der Waals surface area contributed by atoms with Crippen molar-refractivity contribution in [2.75, 3.05) is 20.3 Å². The highest BCUT2D eigenvalue weighted by Crippen LogP contribution is 2.18. The maximum absolute atomic E-state index is 5.84. The van der Waals surface area contributed by atoms with Crippen molar-refractivity contribution in [2.24, 2.45) is 0 Å². The predicted molar refractivity (Wildman–Crippen MR) is 87.4 cm³/mol. The summed E-state index contributed by atoms with van der Waals surface area (Å²) >= 11 is 0. The molecule has 0 bridgehead atoms. The van der Waals surface area contributed by atoms with E-state index in [0.29, 0.717) is 6.61 Å². The number of nitrogens with one attached hydrogen (secondary N) is 1. The summed E-state index contributed by atoms with van der Waals surface area (Å²) in [4.78, 5) is 4.04. The summed E-state index contributed by atoms with van der Waals surface area (Å²) in [5, 5.41) is 3.53. The lowest BCUT2D eigenvalue weighted by Crippen LogP contribution is -2.45. The predicted octanol–water partition coefficient (Wildman–Crippen LogP) is 2.73. The van der Waals surface area contributed by atoms with Crippen molar-refractivity contribution >= 4 is 0 Å². The molecular weight excluding hydrogens is 278 g/mol. The van der Waals surface area contributed by atoms with E-state index in [9.17, 15) is 0 Å². The number of rotatable bonds is 9. The van der Waals surface area contributed by atoms with Gasteiger partial charge in [-0.05, 0) is 51.1 Å². The first kappa shape index (κ1) is 16.4. The zero-order valence-corrected chi connectivity index (χ0v) is 13.6. The van der Waals surface area contributed by atoms with Crippen molar-refractivity contribution in [3.05, 3.63) is 43.0 Å². The van der Waals surface area contributed by atoms with Gasteiger partial charge in [0.05, 0.1) is 13.4 Å². The lowest BCUT2D eigenvalue weighted by molar-refractivity contribution is 0.207. The van der Waals surface area contributed by atoms with Crippen LogP contribution in [0.25, 0.3) is 0 Å². The van der Waals surface area contributed by atoms with Crippen molar-refractivity contribution < 1.29 is 9.47 Å². The number of imidazole rings is 1. The molecule has 2 rings (SSSR count). The summed E-state index contributed by atoms with van der Waals surface area (Å²) in [6.45, 7) is 6.82. The van der Waals surface area contributed by atoms with Crippen LogP contribution < -0.4 is 14.8 Å². The normalized spacial score (nSPS) is 11.4. The Morgan fingerprint density at radius 1 is 1.18 bits per heavy atom. The minimum Gasteiger partial charge on any atom is -0.497 e. The number of hydrogen-bond donors (Lipinski definition) is 1. The average molecular weight is 303 g/mol. The number of nitrogens with zero attached hydrogens (tertiary/aromatic N) is 2. The average Bonchev–Trinajstić information content (AvgIpc) is 3.04. The minimum absolute atomic E-state index is 0.0745. The third-order valence-electron chi connectivity index (χ3n) is 3.41. The SMILES string of the molecule is COc1ccc(OCC(C)(C)NCCCn2ccnc2)cc1. The molecule has 0 saturated carbocycles. The first-order valence-corrected chi connectivity index (χ1v) is 7.57. The highest BCUT2D eigenvalue weighted by molar-refractivity contribution is 5.31. The highest BCUT2D eigenvalue weighted by Gasteiger charge is 2.17. The smallest absolute Gasteiger partial charge is 0.119 e. The maximum atomic E-state index is 5.84. The molecule has 1 aromatic heterocycles. The van der Waals surface area contributed by atoms with Crippen LogP contribution in [0.15, 0.2) is 43.0 Å². The number of benzene rings is 1. The Morgan fingerprint density at radius 2 is 1.91 bits per heavy atom. The van der Waals surface area contributed by atoms with Crippen LogP contribution in [0.2, 0.25) is 0 Å². The van der Waals surface area contributed by atoms with Crippen LogP contribution in [0.3, 0.4) is 0 Å². The monoisotopic (exact) mass is 303 g/mol. The second-order valence-corrected chi connectivity index (χ2v) is 5.93. The molecule has 1 N–H and O–H groups in total. The number of aromatic nitrogens is 2. The van der Waals surface area contributed by atoms with Crippen molar-refractivity contribution in [2.45, 2.75) is 32.4 Å². The zero-order valence-electron chi connectivity index (χ0n) is 13.6. The van der Waals surface area contributed by atoms with Crippen LogP contribution in [0, 0.1) is 0 Å². The summed E-state index contributed by atoms with van der Waals surface area (Å²) in [6.07, 6.45) is 6.69. The van der Waals surface area contributed by atoms with Gasteiger partial charge in [-0.25, -0.2) is 4.98 Å². The van der Waals surface area contributed by atoms with Gasteiger partial charge in [0.2, 0.25) is 0 Å². The van der Waals surface area contributed by atoms with Gasteiger partial charge < -0.3 is 19.4 Å². The van der Waals surface area contributed by atoms with Crippen LogP contribution in [0.1, 0.15) is 20.3 Å². The Hall–Kier alpha value is -2.01. The standard InChI is InChI=1S/C17H25N3O2/c1-17(2,19-9-4-11-20-12-10-18-14-20)13-22-16-7-5-15(21-3)6-8-16/h5-8,10,12,14,19H,4,9,11,13H2,1-3H3. The van der Waals surface area contributed by atoms with Gasteiger partial charge in [-0.2, -0.15) is 0 Å². The van der Waals surface area contributed by atoms with E-state index in [1.54, 1.807) is 13.3 Å². The molecular formula is C17H25N3O2. The van der Waals surface area contributed by atoms with E-state index in [1.165, 1.54) is 0 Å². The van der Waals surface area contributed by atoms with Crippen molar-refractivity contribution in [1.29, 1.82) is 0 Å². The van der Waals surface area contributed by atoms with Gasteiger partial charge in [0, 0.05) is 24.5 Å². The summed E-state index contributed by atoms with van der Waals surface area (Å²) in [7, 11) is 1.66. The molecule has 0 spiro atoms. The highest BCUT2D eigenvalue weighted by atomic mass is 16.5. The van der Waals surface area contributed by atoms with E-state index in [4.69, 9.17) is 9.47 Å². The lowest BCUT2D eigenvalue weighted by atomic mass is 10.1. The second kappa shape index (κ2) is 7.84. The number of hydrogen-bond acceptors (Lipinski definition) is 4. The van der Waals surface area contributed by atoms with Crippen molar-refractivity contribution in [3.63, 3.8) is 0 Å². The van der Waals surface area contributed by atoms with Crippen LogP contribution in [-0.4, -0.2) is 35.4 Å². The van der Waals surface area contributed by atoms with Crippen LogP contribution >= 0.6 is 0 Å². The molecule has 2 aromatic rings. The van der Waals surface area contributed by atoms with E-state index >= 15 is 0 Å². The van der Waals surface area contributed by atoms with E-state index in [0.717, 1.165) is 31.0 Å². The third kappa shape index (κ3) is 5.41. The fourth-order valence-corrected chi connectivity index (χ4v) is 2.09. The minimum atomic E-state index is -0.0745. The molecule has 5 heteroatoms.